The summed E-state index contributed by atoms with van der Waals surface area (Å²) >= 11 is 18.0. The number of nitrogens with zero attached hydrogens (tertiary/aromatic N) is 1. The van der Waals surface area contributed by atoms with Crippen LogP contribution in [-0.2, 0) is 17.8 Å². The van der Waals surface area contributed by atoms with Crippen LogP contribution in [0.2, 0.25) is 15.1 Å². The van der Waals surface area contributed by atoms with E-state index in [0.29, 0.717) is 10.0 Å². The Morgan fingerprint density at radius 1 is 1.00 bits per heavy atom. The van der Waals surface area contributed by atoms with Gasteiger partial charge in [-0.05, 0) is 48.2 Å². The molecule has 0 saturated carbocycles. The van der Waals surface area contributed by atoms with Gasteiger partial charge < -0.3 is 5.32 Å². The first-order valence-corrected chi connectivity index (χ1v) is 9.83. The molecule has 6 heteroatoms. The quantitative estimate of drug-likeness (QED) is 0.753. The predicted molar refractivity (Wildman–Crippen MR) is 108 cm³/mol. The van der Waals surface area contributed by atoms with Crippen LogP contribution in [0, 0.1) is 0 Å². The van der Waals surface area contributed by atoms with E-state index in [1.807, 2.05) is 12.1 Å². The summed E-state index contributed by atoms with van der Waals surface area (Å²) in [5, 5.41) is 5.00. The van der Waals surface area contributed by atoms with Crippen LogP contribution < -0.4 is 5.32 Å². The van der Waals surface area contributed by atoms with Crippen molar-refractivity contribution in [1.29, 1.82) is 0 Å². The molecule has 0 aliphatic carbocycles. The van der Waals surface area contributed by atoms with Gasteiger partial charge in [-0.1, -0.05) is 53.0 Å². The summed E-state index contributed by atoms with van der Waals surface area (Å²) in [6, 6.07) is 13.4. The minimum atomic E-state index is 0.00498. The van der Waals surface area contributed by atoms with Gasteiger partial charge in [-0.3, -0.25) is 9.69 Å². The molecule has 26 heavy (non-hydrogen) atoms. The number of benzene rings is 2. The highest BCUT2D eigenvalue weighted by Gasteiger charge is 2.21. The van der Waals surface area contributed by atoms with Gasteiger partial charge in [0.1, 0.15) is 0 Å². The molecule has 1 aliphatic rings. The van der Waals surface area contributed by atoms with Gasteiger partial charge in [0.15, 0.2) is 0 Å². The molecule has 1 amide bonds. The highest BCUT2D eigenvalue weighted by molar-refractivity contribution is 6.35. The first-order chi connectivity index (χ1) is 12.5. The first-order valence-electron chi connectivity index (χ1n) is 8.69. The lowest BCUT2D eigenvalue weighted by molar-refractivity contribution is -0.121. The van der Waals surface area contributed by atoms with Gasteiger partial charge in [-0.2, -0.15) is 0 Å². The SMILES string of the molecule is O=C(Cc1ccc(Cl)cc1Cl)NC1CCN(Cc2ccc(Cl)cc2)CC1. The van der Waals surface area contributed by atoms with Crippen LogP contribution in [0.15, 0.2) is 42.5 Å². The van der Waals surface area contributed by atoms with E-state index >= 15 is 0 Å². The predicted octanol–water partition coefficient (Wildman–Crippen LogP) is 4.97. The highest BCUT2D eigenvalue weighted by atomic mass is 35.5. The van der Waals surface area contributed by atoms with Crippen LogP contribution in [0.25, 0.3) is 0 Å². The minimum Gasteiger partial charge on any atom is -0.353 e. The van der Waals surface area contributed by atoms with Gasteiger partial charge >= 0.3 is 0 Å². The fraction of sp³-hybridized carbons (Fsp3) is 0.350. The largest absolute Gasteiger partial charge is 0.353 e. The van der Waals surface area contributed by atoms with Gasteiger partial charge in [-0.15, -0.1) is 0 Å². The van der Waals surface area contributed by atoms with E-state index in [9.17, 15) is 4.79 Å². The van der Waals surface area contributed by atoms with Gasteiger partial charge in [0.2, 0.25) is 5.91 Å². The summed E-state index contributed by atoms with van der Waals surface area (Å²) in [4.78, 5) is 14.7. The van der Waals surface area contributed by atoms with E-state index < -0.39 is 0 Å². The lowest BCUT2D eigenvalue weighted by atomic mass is 10.0. The monoisotopic (exact) mass is 410 g/mol. The van der Waals surface area contributed by atoms with Crippen molar-refractivity contribution in [1.82, 2.24) is 10.2 Å². The summed E-state index contributed by atoms with van der Waals surface area (Å²) in [7, 11) is 0. The Morgan fingerprint density at radius 3 is 2.31 bits per heavy atom. The third-order valence-corrected chi connectivity index (χ3v) is 5.48. The summed E-state index contributed by atoms with van der Waals surface area (Å²) < 4.78 is 0. The first kappa shape index (κ1) is 19.5. The molecule has 0 bridgehead atoms. The molecule has 0 aromatic heterocycles. The number of hydrogen-bond donors (Lipinski definition) is 1. The number of halogens is 3. The topological polar surface area (TPSA) is 32.3 Å². The Morgan fingerprint density at radius 2 is 1.65 bits per heavy atom. The Hall–Kier alpha value is -1.26. The maximum Gasteiger partial charge on any atom is 0.224 e. The summed E-state index contributed by atoms with van der Waals surface area (Å²) in [5.41, 5.74) is 2.06. The average Bonchev–Trinajstić information content (AvgIpc) is 2.61. The number of hydrogen-bond acceptors (Lipinski definition) is 2. The number of rotatable bonds is 5. The van der Waals surface area contributed by atoms with Crippen molar-refractivity contribution >= 4 is 40.7 Å². The molecule has 2 aromatic carbocycles. The Kier molecular flexibility index (Phi) is 6.82. The van der Waals surface area contributed by atoms with E-state index in [0.717, 1.165) is 43.1 Å². The van der Waals surface area contributed by atoms with Crippen molar-refractivity contribution in [3.63, 3.8) is 0 Å². The molecule has 1 N–H and O–H groups in total. The molecule has 2 aromatic rings. The van der Waals surface area contributed by atoms with Crippen LogP contribution >= 0.6 is 34.8 Å². The second-order valence-electron chi connectivity index (χ2n) is 6.66. The van der Waals surface area contributed by atoms with E-state index in [1.165, 1.54) is 5.56 Å². The van der Waals surface area contributed by atoms with Crippen LogP contribution in [0.4, 0.5) is 0 Å². The van der Waals surface area contributed by atoms with E-state index in [4.69, 9.17) is 34.8 Å². The number of nitrogens with one attached hydrogen (secondary N) is 1. The Labute approximate surface area is 169 Å². The molecule has 1 fully saturated rings. The molecule has 0 radical (unpaired) electrons. The Bertz CT molecular complexity index is 756. The zero-order valence-electron chi connectivity index (χ0n) is 14.4. The standard InChI is InChI=1S/C20H21Cl3N2O/c21-16-4-1-14(2-5-16)13-25-9-7-18(8-10-25)24-20(26)11-15-3-6-17(22)12-19(15)23/h1-6,12,18H,7-11,13H2,(H,24,26). The fourth-order valence-corrected chi connectivity index (χ4v) is 3.80. The normalized spacial score (nSPS) is 15.8. The van der Waals surface area contributed by atoms with Crippen molar-refractivity contribution in [3.8, 4) is 0 Å². The van der Waals surface area contributed by atoms with Crippen LogP contribution in [-0.4, -0.2) is 29.9 Å². The lowest BCUT2D eigenvalue weighted by Crippen LogP contribution is -2.44. The molecule has 1 heterocycles. The second kappa shape index (κ2) is 9.09. The third-order valence-electron chi connectivity index (χ3n) is 4.64. The average molecular weight is 412 g/mol. The Balaban J connectivity index is 1.44. The van der Waals surface area contributed by atoms with Crippen LogP contribution in [0.1, 0.15) is 24.0 Å². The number of carbonyl (C=O) groups is 1. The molecule has 0 unspecified atom stereocenters. The molecule has 0 atom stereocenters. The molecular formula is C20H21Cl3N2O. The van der Waals surface area contributed by atoms with Gasteiger partial charge in [0, 0.05) is 40.7 Å². The zero-order valence-corrected chi connectivity index (χ0v) is 16.6. The summed E-state index contributed by atoms with van der Waals surface area (Å²) in [6.07, 6.45) is 2.18. The van der Waals surface area contributed by atoms with Gasteiger partial charge in [0.25, 0.3) is 0 Å². The van der Waals surface area contributed by atoms with Crippen molar-refractivity contribution in [2.45, 2.75) is 31.8 Å². The molecular weight excluding hydrogens is 391 g/mol. The lowest BCUT2D eigenvalue weighted by Gasteiger charge is -2.32. The van der Waals surface area contributed by atoms with Crippen molar-refractivity contribution < 1.29 is 4.79 Å². The number of carbonyl (C=O) groups excluding carboxylic acids is 1. The van der Waals surface area contributed by atoms with E-state index in [2.05, 4.69) is 22.3 Å². The van der Waals surface area contributed by atoms with Gasteiger partial charge in [0.05, 0.1) is 6.42 Å². The number of amides is 1. The van der Waals surface area contributed by atoms with E-state index in [-0.39, 0.29) is 18.4 Å². The third kappa shape index (κ3) is 5.62. The van der Waals surface area contributed by atoms with Gasteiger partial charge in [-0.25, -0.2) is 0 Å². The van der Waals surface area contributed by atoms with Crippen molar-refractivity contribution in [2.75, 3.05) is 13.1 Å². The van der Waals surface area contributed by atoms with Crippen LogP contribution in [0.3, 0.4) is 0 Å². The highest BCUT2D eigenvalue weighted by Crippen LogP contribution is 2.22. The number of piperidine rings is 1. The van der Waals surface area contributed by atoms with Crippen molar-refractivity contribution in [2.24, 2.45) is 0 Å². The minimum absolute atomic E-state index is 0.00498. The summed E-state index contributed by atoms with van der Waals surface area (Å²) in [6.45, 7) is 2.85. The maximum absolute atomic E-state index is 12.3. The maximum atomic E-state index is 12.3. The smallest absolute Gasteiger partial charge is 0.224 e. The van der Waals surface area contributed by atoms with Crippen LogP contribution in [0.5, 0.6) is 0 Å². The fourth-order valence-electron chi connectivity index (χ4n) is 3.20. The molecule has 3 nitrogen and oxygen atoms in total. The molecule has 1 aliphatic heterocycles. The van der Waals surface area contributed by atoms with Crippen molar-refractivity contribution in [3.05, 3.63) is 68.7 Å². The summed E-state index contributed by atoms with van der Waals surface area (Å²) in [5.74, 6) is 0.00498. The molecule has 138 valence electrons. The number of likely N-dealkylation sites (tertiary alicyclic amines) is 1. The second-order valence-corrected chi connectivity index (χ2v) is 7.94. The molecule has 0 spiro atoms. The van der Waals surface area contributed by atoms with E-state index in [1.54, 1.807) is 18.2 Å². The zero-order chi connectivity index (χ0) is 18.5. The molecule has 1 saturated heterocycles. The molecule has 3 rings (SSSR count).